The third kappa shape index (κ3) is 3.08. The van der Waals surface area contributed by atoms with Crippen LogP contribution in [0.25, 0.3) is 32.1 Å². The van der Waals surface area contributed by atoms with Gasteiger partial charge in [0, 0.05) is 10.9 Å². The summed E-state index contributed by atoms with van der Waals surface area (Å²) in [5.41, 5.74) is 3.37. The fraction of sp³-hybridized carbons (Fsp3) is 0.0800. The number of rotatable bonds is 3. The number of aromatic nitrogens is 2. The van der Waals surface area contributed by atoms with E-state index < -0.39 is 0 Å². The third-order valence-electron chi connectivity index (χ3n) is 5.34. The second-order valence-electron chi connectivity index (χ2n) is 7.25. The molecule has 4 nitrogen and oxygen atoms in total. The Morgan fingerprint density at radius 3 is 2.70 bits per heavy atom. The number of thiophene rings is 1. The van der Waals surface area contributed by atoms with E-state index in [1.54, 1.807) is 10.6 Å². The van der Waals surface area contributed by atoms with Gasteiger partial charge in [0.2, 0.25) is 0 Å². The lowest BCUT2D eigenvalue weighted by Gasteiger charge is -2.11. The normalized spacial score (nSPS) is 11.1. The molecule has 2 aromatic heterocycles. The van der Waals surface area contributed by atoms with Crippen LogP contribution in [0.2, 0.25) is 0 Å². The van der Waals surface area contributed by atoms with Gasteiger partial charge in [0.15, 0.2) is 0 Å². The first-order valence-electron chi connectivity index (χ1n) is 9.61. The second-order valence-corrected chi connectivity index (χ2v) is 8.11. The van der Waals surface area contributed by atoms with E-state index >= 15 is 0 Å². The Morgan fingerprint density at radius 2 is 1.87 bits per heavy atom. The zero-order valence-corrected chi connectivity index (χ0v) is 17.1. The predicted molar refractivity (Wildman–Crippen MR) is 122 cm³/mol. The van der Waals surface area contributed by atoms with Crippen LogP contribution in [-0.2, 0) is 6.54 Å². The van der Waals surface area contributed by atoms with E-state index in [0.29, 0.717) is 23.3 Å². The van der Waals surface area contributed by atoms with Gasteiger partial charge in [0.1, 0.15) is 10.7 Å². The van der Waals surface area contributed by atoms with Gasteiger partial charge in [-0.3, -0.25) is 9.36 Å². The van der Waals surface area contributed by atoms with Crippen LogP contribution in [0.15, 0.2) is 76.9 Å². The number of nitriles is 1. The topological polar surface area (TPSA) is 58.7 Å². The Kier molecular flexibility index (Phi) is 4.42. The van der Waals surface area contributed by atoms with Crippen molar-refractivity contribution in [2.24, 2.45) is 0 Å². The van der Waals surface area contributed by atoms with Crippen molar-refractivity contribution in [2.75, 3.05) is 0 Å². The summed E-state index contributed by atoms with van der Waals surface area (Å²) in [5.74, 6) is 0.668. The molecule has 5 rings (SSSR count). The maximum atomic E-state index is 13.5. The molecule has 0 radical (unpaired) electrons. The van der Waals surface area contributed by atoms with Crippen molar-refractivity contribution >= 4 is 32.3 Å². The van der Waals surface area contributed by atoms with Crippen LogP contribution < -0.4 is 5.56 Å². The Bertz CT molecular complexity index is 1520. The first kappa shape index (κ1) is 18.3. The molecule has 0 saturated carbocycles. The van der Waals surface area contributed by atoms with Gasteiger partial charge in [-0.15, -0.1) is 11.3 Å². The molecule has 0 aliphatic heterocycles. The van der Waals surface area contributed by atoms with Crippen LogP contribution in [0.1, 0.15) is 17.0 Å². The van der Waals surface area contributed by atoms with E-state index in [4.69, 9.17) is 10.2 Å². The van der Waals surface area contributed by atoms with Gasteiger partial charge >= 0.3 is 0 Å². The molecule has 0 unspecified atom stereocenters. The van der Waals surface area contributed by atoms with Crippen LogP contribution in [0.4, 0.5) is 0 Å². The van der Waals surface area contributed by atoms with E-state index in [1.165, 1.54) is 16.7 Å². The molecule has 0 spiro atoms. The fourth-order valence-electron chi connectivity index (χ4n) is 3.80. The Morgan fingerprint density at radius 1 is 1.03 bits per heavy atom. The van der Waals surface area contributed by atoms with Crippen molar-refractivity contribution in [1.29, 1.82) is 5.26 Å². The lowest BCUT2D eigenvalue weighted by atomic mass is 10.0. The minimum atomic E-state index is -0.0516. The van der Waals surface area contributed by atoms with Crippen LogP contribution >= 0.6 is 11.3 Å². The van der Waals surface area contributed by atoms with Crippen LogP contribution in [0.3, 0.4) is 0 Å². The van der Waals surface area contributed by atoms with Crippen LogP contribution in [0.5, 0.6) is 0 Å². The minimum Gasteiger partial charge on any atom is -0.292 e. The molecule has 0 aliphatic rings. The largest absolute Gasteiger partial charge is 0.292 e. The highest BCUT2D eigenvalue weighted by Crippen LogP contribution is 2.32. The summed E-state index contributed by atoms with van der Waals surface area (Å²) in [6.45, 7) is 2.24. The SMILES string of the molecule is Cc1nc2scc(-c3ccc4ccccc4c3)c2c(=O)n1Cc1cccc(C#N)c1. The molecule has 0 amide bonds. The number of hydrogen-bond acceptors (Lipinski definition) is 4. The van der Waals surface area contributed by atoms with E-state index in [1.807, 2.05) is 42.6 Å². The van der Waals surface area contributed by atoms with Gasteiger partial charge in [-0.2, -0.15) is 5.26 Å². The zero-order chi connectivity index (χ0) is 20.7. The summed E-state index contributed by atoms with van der Waals surface area (Å²) >= 11 is 1.50. The van der Waals surface area contributed by atoms with Gasteiger partial charge in [-0.05, 0) is 47.0 Å². The molecule has 3 aromatic carbocycles. The van der Waals surface area contributed by atoms with Crippen molar-refractivity contribution in [3.63, 3.8) is 0 Å². The summed E-state index contributed by atoms with van der Waals surface area (Å²) < 4.78 is 1.69. The van der Waals surface area contributed by atoms with Crippen molar-refractivity contribution in [2.45, 2.75) is 13.5 Å². The first-order chi connectivity index (χ1) is 14.6. The summed E-state index contributed by atoms with van der Waals surface area (Å²) in [5, 5.41) is 14.1. The lowest BCUT2D eigenvalue weighted by Crippen LogP contribution is -2.24. The standard InChI is InChI=1S/C25H17N3OS/c1-16-27-24-23(25(29)28(16)14-18-6-4-5-17(11-18)13-26)22(15-30-24)21-10-9-19-7-2-3-8-20(19)12-21/h2-12,15H,14H2,1H3. The molecule has 0 aliphatic carbocycles. The van der Waals surface area contributed by atoms with Crippen LogP contribution in [0, 0.1) is 18.3 Å². The van der Waals surface area contributed by atoms with E-state index in [0.717, 1.165) is 26.9 Å². The maximum Gasteiger partial charge on any atom is 0.263 e. The predicted octanol–water partition coefficient (Wildman–Crippen LogP) is 5.51. The van der Waals surface area contributed by atoms with Crippen molar-refractivity contribution < 1.29 is 0 Å². The highest BCUT2D eigenvalue weighted by Gasteiger charge is 2.16. The molecule has 0 N–H and O–H groups in total. The van der Waals surface area contributed by atoms with Crippen molar-refractivity contribution in [3.05, 3.63) is 99.4 Å². The Balaban J connectivity index is 1.67. The molecule has 2 heterocycles. The molecule has 144 valence electrons. The number of benzene rings is 3. The molecular weight excluding hydrogens is 390 g/mol. The summed E-state index contributed by atoms with van der Waals surface area (Å²) in [6, 6.07) is 24.0. The number of fused-ring (bicyclic) bond motifs is 2. The monoisotopic (exact) mass is 407 g/mol. The zero-order valence-electron chi connectivity index (χ0n) is 16.3. The van der Waals surface area contributed by atoms with E-state index in [9.17, 15) is 4.79 Å². The molecule has 0 fully saturated rings. The Hall–Kier alpha value is -3.75. The molecule has 0 atom stereocenters. The highest BCUT2D eigenvalue weighted by molar-refractivity contribution is 7.17. The summed E-state index contributed by atoms with van der Waals surface area (Å²) in [6.07, 6.45) is 0. The number of nitrogens with zero attached hydrogens (tertiary/aromatic N) is 3. The van der Waals surface area contributed by atoms with Crippen molar-refractivity contribution in [3.8, 4) is 17.2 Å². The lowest BCUT2D eigenvalue weighted by molar-refractivity contribution is 0.714. The number of aryl methyl sites for hydroxylation is 1. The minimum absolute atomic E-state index is 0.0516. The van der Waals surface area contributed by atoms with Crippen LogP contribution in [-0.4, -0.2) is 9.55 Å². The van der Waals surface area contributed by atoms with Crippen molar-refractivity contribution in [1.82, 2.24) is 9.55 Å². The third-order valence-corrected chi connectivity index (χ3v) is 6.21. The average molecular weight is 407 g/mol. The molecular formula is C25H17N3OS. The molecule has 0 bridgehead atoms. The average Bonchev–Trinajstić information content (AvgIpc) is 3.20. The van der Waals surface area contributed by atoms with Gasteiger partial charge in [-0.1, -0.05) is 48.5 Å². The molecule has 0 saturated heterocycles. The Labute approximate surface area is 177 Å². The first-order valence-corrected chi connectivity index (χ1v) is 10.5. The molecule has 5 aromatic rings. The second kappa shape index (κ2) is 7.25. The summed E-state index contributed by atoms with van der Waals surface area (Å²) in [7, 11) is 0. The smallest absolute Gasteiger partial charge is 0.263 e. The fourth-order valence-corrected chi connectivity index (χ4v) is 4.79. The molecule has 5 heteroatoms. The summed E-state index contributed by atoms with van der Waals surface area (Å²) in [4.78, 5) is 18.9. The van der Waals surface area contributed by atoms with Gasteiger partial charge in [0.05, 0.1) is 23.6 Å². The van der Waals surface area contributed by atoms with E-state index in [-0.39, 0.29) is 5.56 Å². The van der Waals surface area contributed by atoms with Gasteiger partial charge in [-0.25, -0.2) is 4.98 Å². The highest BCUT2D eigenvalue weighted by atomic mass is 32.1. The number of hydrogen-bond donors (Lipinski definition) is 0. The van der Waals surface area contributed by atoms with E-state index in [2.05, 4.69) is 36.4 Å². The molecule has 30 heavy (non-hydrogen) atoms. The van der Waals surface area contributed by atoms with Gasteiger partial charge < -0.3 is 0 Å². The maximum absolute atomic E-state index is 13.5. The quantitative estimate of drug-likeness (QED) is 0.396. The van der Waals surface area contributed by atoms with Gasteiger partial charge in [0.25, 0.3) is 5.56 Å².